The number of halogens is 1. The largest absolute Gasteiger partial charge is 0.451 e. The van der Waals surface area contributed by atoms with E-state index in [1.807, 2.05) is 18.2 Å². The Morgan fingerprint density at radius 2 is 1.89 bits per heavy atom. The van der Waals surface area contributed by atoms with Gasteiger partial charge in [0, 0.05) is 16.4 Å². The van der Waals surface area contributed by atoms with Crippen molar-refractivity contribution in [3.8, 4) is 10.4 Å². The molecule has 2 aromatic rings. The lowest BCUT2D eigenvalue weighted by Crippen LogP contribution is -2.51. The number of ether oxygens (including phenoxy) is 1. The number of rotatable bonds is 5. The highest BCUT2D eigenvalue weighted by Crippen LogP contribution is 2.29. The van der Waals surface area contributed by atoms with Gasteiger partial charge in [0.15, 0.2) is 6.61 Å². The van der Waals surface area contributed by atoms with Gasteiger partial charge in [-0.1, -0.05) is 23.7 Å². The molecule has 1 aliphatic rings. The molecule has 1 fully saturated rings. The summed E-state index contributed by atoms with van der Waals surface area (Å²) >= 11 is 7.16. The van der Waals surface area contributed by atoms with Crippen LogP contribution in [0, 0.1) is 0 Å². The van der Waals surface area contributed by atoms with Crippen LogP contribution in [0.1, 0.15) is 28.9 Å². The standard InChI is InChI=1S/C19H19ClN2O4S/c20-13-6-4-12(5-7-13)15-8-9-16(27-15)19(25)26-11-17(23)22-10-2-1-3-14(22)18(21)24/h4-9,14H,1-3,10-11H2,(H2,21,24)/t14-/m1/s1. The molecule has 1 atom stereocenters. The molecule has 2 heterocycles. The third-order valence-corrected chi connectivity index (χ3v) is 5.78. The van der Waals surface area contributed by atoms with E-state index in [2.05, 4.69) is 0 Å². The number of thiophene rings is 1. The van der Waals surface area contributed by atoms with Crippen molar-refractivity contribution < 1.29 is 19.1 Å². The van der Waals surface area contributed by atoms with Crippen molar-refractivity contribution in [2.24, 2.45) is 5.73 Å². The summed E-state index contributed by atoms with van der Waals surface area (Å²) in [6.45, 7) is 0.0422. The maximum absolute atomic E-state index is 12.3. The number of esters is 1. The first-order valence-electron chi connectivity index (χ1n) is 8.57. The van der Waals surface area contributed by atoms with Gasteiger partial charge in [-0.3, -0.25) is 9.59 Å². The summed E-state index contributed by atoms with van der Waals surface area (Å²) in [6, 6.07) is 10.2. The molecule has 1 aromatic heterocycles. The molecule has 0 aliphatic carbocycles. The van der Waals surface area contributed by atoms with Crippen LogP contribution in [0.15, 0.2) is 36.4 Å². The molecule has 1 aliphatic heterocycles. The van der Waals surface area contributed by atoms with E-state index >= 15 is 0 Å². The number of nitrogens with two attached hydrogens (primary N) is 1. The fourth-order valence-corrected chi connectivity index (χ4v) is 4.06. The predicted octanol–water partition coefficient (Wildman–Crippen LogP) is 3.09. The summed E-state index contributed by atoms with van der Waals surface area (Å²) in [5.74, 6) is -1.50. The fraction of sp³-hybridized carbons (Fsp3) is 0.316. The van der Waals surface area contributed by atoms with Crippen LogP contribution < -0.4 is 5.73 Å². The minimum Gasteiger partial charge on any atom is -0.451 e. The van der Waals surface area contributed by atoms with Gasteiger partial charge in [-0.05, 0) is 49.1 Å². The molecule has 1 saturated heterocycles. The Balaban J connectivity index is 1.60. The Kier molecular flexibility index (Phi) is 6.13. The van der Waals surface area contributed by atoms with Crippen LogP contribution in [-0.2, 0) is 14.3 Å². The molecular formula is C19H19ClN2O4S. The molecule has 8 heteroatoms. The van der Waals surface area contributed by atoms with Crippen molar-refractivity contribution in [2.75, 3.05) is 13.2 Å². The van der Waals surface area contributed by atoms with Crippen LogP contribution in [0.2, 0.25) is 5.02 Å². The van der Waals surface area contributed by atoms with E-state index in [1.165, 1.54) is 16.2 Å². The number of benzene rings is 1. The van der Waals surface area contributed by atoms with E-state index in [0.717, 1.165) is 23.3 Å². The van der Waals surface area contributed by atoms with E-state index in [4.69, 9.17) is 22.1 Å². The summed E-state index contributed by atoms with van der Waals surface area (Å²) in [5, 5.41) is 0.639. The molecule has 0 saturated carbocycles. The molecule has 0 unspecified atom stereocenters. The summed E-state index contributed by atoms with van der Waals surface area (Å²) in [4.78, 5) is 38.8. The average molecular weight is 407 g/mol. The van der Waals surface area contributed by atoms with Crippen LogP contribution >= 0.6 is 22.9 Å². The number of piperidine rings is 1. The Labute approximate surface area is 165 Å². The molecule has 6 nitrogen and oxygen atoms in total. The smallest absolute Gasteiger partial charge is 0.348 e. The Morgan fingerprint density at radius 3 is 2.59 bits per heavy atom. The van der Waals surface area contributed by atoms with Crippen molar-refractivity contribution in [1.82, 2.24) is 4.90 Å². The first-order chi connectivity index (χ1) is 13.0. The van der Waals surface area contributed by atoms with Crippen molar-refractivity contribution in [3.05, 3.63) is 46.3 Å². The number of carbonyl (C=O) groups excluding carboxylic acids is 3. The molecule has 27 heavy (non-hydrogen) atoms. The average Bonchev–Trinajstić information content (AvgIpc) is 3.16. The van der Waals surface area contributed by atoms with Gasteiger partial charge in [-0.2, -0.15) is 0 Å². The van der Waals surface area contributed by atoms with Crippen LogP contribution in [-0.4, -0.2) is 41.9 Å². The van der Waals surface area contributed by atoms with Gasteiger partial charge in [0.05, 0.1) is 0 Å². The summed E-state index contributed by atoms with van der Waals surface area (Å²) in [5.41, 5.74) is 6.30. The van der Waals surface area contributed by atoms with E-state index < -0.39 is 30.4 Å². The highest BCUT2D eigenvalue weighted by atomic mass is 35.5. The molecule has 0 bridgehead atoms. The van der Waals surface area contributed by atoms with Gasteiger partial charge < -0.3 is 15.4 Å². The monoisotopic (exact) mass is 406 g/mol. The maximum atomic E-state index is 12.3. The van der Waals surface area contributed by atoms with Crippen LogP contribution in [0.3, 0.4) is 0 Å². The number of carbonyl (C=O) groups is 3. The van der Waals surface area contributed by atoms with Crippen LogP contribution in [0.5, 0.6) is 0 Å². The number of amides is 2. The molecular weight excluding hydrogens is 388 g/mol. The van der Waals surface area contributed by atoms with Gasteiger partial charge in [0.2, 0.25) is 5.91 Å². The molecule has 2 N–H and O–H groups in total. The molecule has 142 valence electrons. The number of hydrogen-bond acceptors (Lipinski definition) is 5. The lowest BCUT2D eigenvalue weighted by atomic mass is 10.0. The third kappa shape index (κ3) is 4.67. The SMILES string of the molecule is NC(=O)[C@H]1CCCCN1C(=O)COC(=O)c1ccc(-c2ccc(Cl)cc2)s1. The normalized spacial score (nSPS) is 16.8. The van der Waals surface area contributed by atoms with Crippen molar-refractivity contribution in [2.45, 2.75) is 25.3 Å². The molecule has 3 rings (SSSR count). The van der Waals surface area contributed by atoms with Gasteiger partial charge in [-0.15, -0.1) is 11.3 Å². The van der Waals surface area contributed by atoms with Crippen LogP contribution in [0.25, 0.3) is 10.4 Å². The van der Waals surface area contributed by atoms with Gasteiger partial charge in [0.25, 0.3) is 5.91 Å². The van der Waals surface area contributed by atoms with E-state index in [1.54, 1.807) is 18.2 Å². The number of likely N-dealkylation sites (tertiary alicyclic amines) is 1. The van der Waals surface area contributed by atoms with E-state index in [9.17, 15) is 14.4 Å². The number of primary amides is 1. The zero-order valence-electron chi connectivity index (χ0n) is 14.5. The first-order valence-corrected chi connectivity index (χ1v) is 9.77. The van der Waals surface area contributed by atoms with E-state index in [0.29, 0.717) is 22.9 Å². The highest BCUT2D eigenvalue weighted by Gasteiger charge is 2.31. The van der Waals surface area contributed by atoms with Crippen molar-refractivity contribution in [3.63, 3.8) is 0 Å². The summed E-state index contributed by atoms with van der Waals surface area (Å²) < 4.78 is 5.15. The van der Waals surface area contributed by atoms with Crippen molar-refractivity contribution in [1.29, 1.82) is 0 Å². The summed E-state index contributed by atoms with van der Waals surface area (Å²) in [7, 11) is 0. The number of nitrogens with zero attached hydrogens (tertiary/aromatic N) is 1. The Morgan fingerprint density at radius 1 is 1.15 bits per heavy atom. The van der Waals surface area contributed by atoms with E-state index in [-0.39, 0.29) is 0 Å². The zero-order valence-corrected chi connectivity index (χ0v) is 16.1. The molecule has 0 spiro atoms. The maximum Gasteiger partial charge on any atom is 0.348 e. The fourth-order valence-electron chi connectivity index (χ4n) is 3.02. The number of hydrogen-bond donors (Lipinski definition) is 1. The topological polar surface area (TPSA) is 89.7 Å². The second-order valence-corrected chi connectivity index (χ2v) is 7.77. The quantitative estimate of drug-likeness (QED) is 0.772. The lowest BCUT2D eigenvalue weighted by Gasteiger charge is -2.33. The van der Waals surface area contributed by atoms with Crippen LogP contribution in [0.4, 0.5) is 0 Å². The molecule has 0 radical (unpaired) electrons. The van der Waals surface area contributed by atoms with Gasteiger partial charge in [0.1, 0.15) is 10.9 Å². The second kappa shape index (κ2) is 8.54. The van der Waals surface area contributed by atoms with Gasteiger partial charge >= 0.3 is 5.97 Å². The van der Waals surface area contributed by atoms with Gasteiger partial charge in [-0.25, -0.2) is 4.79 Å². The van der Waals surface area contributed by atoms with Crippen molar-refractivity contribution >= 4 is 40.7 Å². The minimum absolute atomic E-state index is 0.401. The first kappa shape index (κ1) is 19.4. The molecule has 1 aromatic carbocycles. The second-order valence-electron chi connectivity index (χ2n) is 6.25. The Hall–Kier alpha value is -2.38. The zero-order chi connectivity index (χ0) is 19.4. The Bertz CT molecular complexity index is 850. The molecule has 2 amide bonds. The minimum atomic E-state index is -0.622. The predicted molar refractivity (Wildman–Crippen MR) is 104 cm³/mol. The lowest BCUT2D eigenvalue weighted by molar-refractivity contribution is -0.143. The third-order valence-electron chi connectivity index (χ3n) is 4.41. The highest BCUT2D eigenvalue weighted by molar-refractivity contribution is 7.17. The summed E-state index contributed by atoms with van der Waals surface area (Å²) in [6.07, 6.45) is 2.20.